The molecule has 2 aromatic rings. The molecule has 1 fully saturated rings. The van der Waals surface area contributed by atoms with Gasteiger partial charge >= 0.3 is 0 Å². The third-order valence-electron chi connectivity index (χ3n) is 5.31. The normalized spacial score (nSPS) is 22.9. The number of alkyl halides is 1. The van der Waals surface area contributed by atoms with Crippen LogP contribution in [0.2, 0.25) is 0 Å². The van der Waals surface area contributed by atoms with Crippen molar-refractivity contribution in [2.24, 2.45) is 17.1 Å². The number of anilines is 1. The van der Waals surface area contributed by atoms with E-state index in [0.29, 0.717) is 11.8 Å². The Morgan fingerprint density at radius 3 is 2.29 bits per heavy atom. The number of nitrogens with one attached hydrogen (secondary N) is 1. The summed E-state index contributed by atoms with van der Waals surface area (Å²) in [4.78, 5) is 0. The molecule has 128 valence electrons. The average molecular weight is 330 g/mol. The van der Waals surface area contributed by atoms with Crippen LogP contribution in [0, 0.1) is 17.2 Å². The Hall–Kier alpha value is -1.94. The summed E-state index contributed by atoms with van der Waals surface area (Å²) in [5, 5.41) is 3.39. The van der Waals surface area contributed by atoms with Gasteiger partial charge in [-0.1, -0.05) is 38.1 Å². The Labute approximate surface area is 142 Å². The largest absolute Gasteiger partial charge is 0.385 e. The van der Waals surface area contributed by atoms with Crippen LogP contribution in [-0.2, 0) is 0 Å². The van der Waals surface area contributed by atoms with Crippen LogP contribution < -0.4 is 11.1 Å². The lowest BCUT2D eigenvalue weighted by atomic mass is 10.00. The molecule has 4 heteroatoms. The minimum absolute atomic E-state index is 0.205. The van der Waals surface area contributed by atoms with Crippen molar-refractivity contribution in [3.63, 3.8) is 0 Å². The predicted octanol–water partition coefficient (Wildman–Crippen LogP) is 4.65. The summed E-state index contributed by atoms with van der Waals surface area (Å²) >= 11 is 0. The average Bonchev–Trinajstić information content (AvgIpc) is 3.14. The van der Waals surface area contributed by atoms with E-state index >= 15 is 0 Å². The van der Waals surface area contributed by atoms with Crippen molar-refractivity contribution in [2.75, 3.05) is 18.5 Å². The quantitative estimate of drug-likeness (QED) is 0.809. The summed E-state index contributed by atoms with van der Waals surface area (Å²) in [6.07, 6.45) is 0. The van der Waals surface area contributed by atoms with Crippen molar-refractivity contribution in [1.82, 2.24) is 0 Å². The summed E-state index contributed by atoms with van der Waals surface area (Å²) in [5.74, 6) is 0.737. The molecule has 1 saturated carbocycles. The molecule has 24 heavy (non-hydrogen) atoms. The lowest BCUT2D eigenvalue weighted by Gasteiger charge is -2.09. The van der Waals surface area contributed by atoms with Gasteiger partial charge in [-0.2, -0.15) is 0 Å². The second-order valence-corrected chi connectivity index (χ2v) is 7.22. The van der Waals surface area contributed by atoms with Crippen molar-refractivity contribution in [1.29, 1.82) is 0 Å². The van der Waals surface area contributed by atoms with E-state index in [2.05, 4.69) is 31.3 Å². The molecule has 0 aliphatic heterocycles. The molecule has 1 aliphatic carbocycles. The fourth-order valence-electron chi connectivity index (χ4n) is 3.62. The predicted molar refractivity (Wildman–Crippen MR) is 94.2 cm³/mol. The third-order valence-corrected chi connectivity index (χ3v) is 5.31. The molecule has 1 aliphatic rings. The first kappa shape index (κ1) is 16.9. The highest BCUT2D eigenvalue weighted by atomic mass is 19.1. The van der Waals surface area contributed by atoms with E-state index in [1.807, 2.05) is 12.1 Å². The number of hydrogen-bond donors (Lipinski definition) is 2. The van der Waals surface area contributed by atoms with E-state index in [0.717, 1.165) is 17.8 Å². The van der Waals surface area contributed by atoms with Gasteiger partial charge in [-0.15, -0.1) is 0 Å². The van der Waals surface area contributed by atoms with Crippen LogP contribution in [0.1, 0.15) is 36.9 Å². The molecule has 0 spiro atoms. The lowest BCUT2D eigenvalue weighted by molar-refractivity contribution is 0.437. The molecule has 3 unspecified atom stereocenters. The first-order valence-corrected chi connectivity index (χ1v) is 8.34. The summed E-state index contributed by atoms with van der Waals surface area (Å²) in [7, 11) is 0. The SMILES string of the molecule is CC1(C)C(CNc2ccc(F)cc2)C1c1ccc(C(N)CF)cc1. The van der Waals surface area contributed by atoms with Crippen LogP contribution >= 0.6 is 0 Å². The van der Waals surface area contributed by atoms with Gasteiger partial charge in [0.25, 0.3) is 0 Å². The van der Waals surface area contributed by atoms with E-state index in [9.17, 15) is 8.78 Å². The topological polar surface area (TPSA) is 38.0 Å². The van der Waals surface area contributed by atoms with E-state index in [4.69, 9.17) is 5.73 Å². The summed E-state index contributed by atoms with van der Waals surface area (Å²) < 4.78 is 25.6. The van der Waals surface area contributed by atoms with Crippen molar-refractivity contribution >= 4 is 5.69 Å². The first-order chi connectivity index (χ1) is 11.4. The highest BCUT2D eigenvalue weighted by Gasteiger charge is 2.57. The van der Waals surface area contributed by atoms with Gasteiger partial charge in [0, 0.05) is 12.2 Å². The first-order valence-electron chi connectivity index (χ1n) is 8.34. The van der Waals surface area contributed by atoms with E-state index in [1.165, 1.54) is 17.7 Å². The number of benzene rings is 2. The number of nitrogens with two attached hydrogens (primary N) is 1. The molecular formula is C20H24F2N2. The fourth-order valence-corrected chi connectivity index (χ4v) is 3.62. The maximum absolute atomic E-state index is 13.0. The maximum Gasteiger partial charge on any atom is 0.123 e. The van der Waals surface area contributed by atoms with Gasteiger partial charge < -0.3 is 11.1 Å². The Morgan fingerprint density at radius 2 is 1.71 bits per heavy atom. The van der Waals surface area contributed by atoms with Gasteiger partial charge in [-0.05, 0) is 52.6 Å². The highest BCUT2D eigenvalue weighted by molar-refractivity contribution is 5.44. The van der Waals surface area contributed by atoms with Crippen LogP contribution in [0.5, 0.6) is 0 Å². The summed E-state index contributed by atoms with van der Waals surface area (Å²) in [6, 6.07) is 13.9. The van der Waals surface area contributed by atoms with Gasteiger partial charge in [0.1, 0.15) is 12.5 Å². The Balaban J connectivity index is 1.65. The standard InChI is InChI=1S/C20H24F2N2/c1-20(2)17(12-24-16-9-7-15(22)8-10-16)19(20)14-5-3-13(4-6-14)18(23)11-21/h3-10,17-19,24H,11-12,23H2,1-2H3. The van der Waals surface area contributed by atoms with Crippen LogP contribution in [0.3, 0.4) is 0 Å². The molecule has 0 saturated heterocycles. The van der Waals surface area contributed by atoms with Crippen molar-refractivity contribution < 1.29 is 8.78 Å². The molecule has 3 rings (SSSR count). The monoisotopic (exact) mass is 330 g/mol. The molecule has 2 nitrogen and oxygen atoms in total. The molecule has 0 heterocycles. The molecule has 0 aromatic heterocycles. The van der Waals surface area contributed by atoms with Crippen LogP contribution in [-0.4, -0.2) is 13.2 Å². The Bertz CT molecular complexity index is 680. The second-order valence-electron chi connectivity index (χ2n) is 7.22. The molecule has 0 bridgehead atoms. The summed E-state index contributed by atoms with van der Waals surface area (Å²) in [5.41, 5.74) is 8.96. The molecule has 0 amide bonds. The molecule has 2 aromatic carbocycles. The van der Waals surface area contributed by atoms with Crippen LogP contribution in [0.4, 0.5) is 14.5 Å². The zero-order valence-electron chi connectivity index (χ0n) is 14.1. The smallest absolute Gasteiger partial charge is 0.123 e. The molecule has 3 atom stereocenters. The Morgan fingerprint density at radius 1 is 1.08 bits per heavy atom. The second kappa shape index (κ2) is 6.52. The zero-order chi connectivity index (χ0) is 17.3. The van der Waals surface area contributed by atoms with Crippen molar-refractivity contribution in [3.05, 3.63) is 65.5 Å². The third kappa shape index (κ3) is 3.29. The van der Waals surface area contributed by atoms with E-state index in [-0.39, 0.29) is 11.2 Å². The lowest BCUT2D eigenvalue weighted by Crippen LogP contribution is -2.11. The van der Waals surface area contributed by atoms with Crippen molar-refractivity contribution in [2.45, 2.75) is 25.8 Å². The van der Waals surface area contributed by atoms with Crippen molar-refractivity contribution in [3.8, 4) is 0 Å². The highest BCUT2D eigenvalue weighted by Crippen LogP contribution is 2.64. The number of halogens is 2. The van der Waals surface area contributed by atoms with E-state index in [1.54, 1.807) is 12.1 Å². The van der Waals surface area contributed by atoms with E-state index < -0.39 is 12.7 Å². The zero-order valence-corrected chi connectivity index (χ0v) is 14.1. The number of hydrogen-bond acceptors (Lipinski definition) is 2. The van der Waals surface area contributed by atoms with Gasteiger partial charge in [0.2, 0.25) is 0 Å². The van der Waals surface area contributed by atoms with Gasteiger partial charge in [-0.25, -0.2) is 8.78 Å². The van der Waals surface area contributed by atoms with Gasteiger partial charge in [0.15, 0.2) is 0 Å². The molecular weight excluding hydrogens is 306 g/mol. The molecule has 3 N–H and O–H groups in total. The minimum Gasteiger partial charge on any atom is -0.385 e. The van der Waals surface area contributed by atoms with Crippen LogP contribution in [0.25, 0.3) is 0 Å². The Kier molecular flexibility index (Phi) is 4.59. The van der Waals surface area contributed by atoms with Gasteiger partial charge in [0.05, 0.1) is 6.04 Å². The van der Waals surface area contributed by atoms with Crippen LogP contribution in [0.15, 0.2) is 48.5 Å². The minimum atomic E-state index is -0.543. The fraction of sp³-hybridized carbons (Fsp3) is 0.400. The van der Waals surface area contributed by atoms with Gasteiger partial charge in [-0.3, -0.25) is 0 Å². The number of rotatable bonds is 6. The summed E-state index contributed by atoms with van der Waals surface area (Å²) in [6.45, 7) is 4.82. The molecule has 0 radical (unpaired) electrons. The maximum atomic E-state index is 13.0.